The molecule has 0 N–H and O–H groups in total. The Balaban J connectivity index is 2.35. The van der Waals surface area contributed by atoms with Crippen molar-refractivity contribution < 1.29 is 23.1 Å². The third-order valence-corrected chi connectivity index (χ3v) is 3.40. The van der Waals surface area contributed by atoms with Crippen molar-refractivity contribution in [3.63, 3.8) is 0 Å². The van der Waals surface area contributed by atoms with Gasteiger partial charge in [0.2, 0.25) is 11.8 Å². The smallest absolute Gasteiger partial charge is 0.307 e. The molecule has 0 unspecified atom stereocenters. The average molecular weight is 277 g/mol. The third-order valence-electron chi connectivity index (χ3n) is 3.40. The van der Waals surface area contributed by atoms with Crippen LogP contribution in [0.2, 0.25) is 0 Å². The van der Waals surface area contributed by atoms with Crippen LogP contribution in [0.5, 0.6) is 0 Å². The number of hydrogen-bond donors (Lipinski definition) is 0. The normalized spacial score (nSPS) is 18.9. The minimum Gasteiger partial charge on any atom is -0.466 e. The van der Waals surface area contributed by atoms with E-state index in [4.69, 9.17) is 4.74 Å². The van der Waals surface area contributed by atoms with Gasteiger partial charge in [0.1, 0.15) is 0 Å². The van der Waals surface area contributed by atoms with E-state index < -0.39 is 5.92 Å². The van der Waals surface area contributed by atoms with Crippen LogP contribution in [-0.2, 0) is 14.3 Å². The first-order valence-corrected chi connectivity index (χ1v) is 6.64. The van der Waals surface area contributed by atoms with Crippen molar-refractivity contribution >= 4 is 11.9 Å². The van der Waals surface area contributed by atoms with Crippen LogP contribution in [0.15, 0.2) is 0 Å². The molecule has 0 aromatic carbocycles. The van der Waals surface area contributed by atoms with Gasteiger partial charge < -0.3 is 9.64 Å². The lowest BCUT2D eigenvalue weighted by molar-refractivity contribution is -0.144. The number of halogens is 2. The summed E-state index contributed by atoms with van der Waals surface area (Å²) in [5, 5.41) is 0. The second-order valence-corrected chi connectivity index (χ2v) is 4.95. The van der Waals surface area contributed by atoms with E-state index >= 15 is 0 Å². The minimum atomic E-state index is -2.62. The first kappa shape index (κ1) is 15.9. The molecule has 0 heterocycles. The van der Waals surface area contributed by atoms with Crippen LogP contribution < -0.4 is 0 Å². The second kappa shape index (κ2) is 6.82. The molecule has 6 heteroatoms. The lowest BCUT2D eigenvalue weighted by Crippen LogP contribution is -2.38. The van der Waals surface area contributed by atoms with Crippen LogP contribution in [0.3, 0.4) is 0 Å². The van der Waals surface area contributed by atoms with E-state index in [9.17, 15) is 18.4 Å². The molecule has 19 heavy (non-hydrogen) atoms. The van der Waals surface area contributed by atoms with E-state index in [0.717, 1.165) is 0 Å². The Bertz CT molecular complexity index is 324. The maximum atomic E-state index is 13.0. The molecule has 0 spiro atoms. The first-order valence-electron chi connectivity index (χ1n) is 6.64. The number of esters is 1. The van der Waals surface area contributed by atoms with Gasteiger partial charge in [-0.2, -0.15) is 0 Å². The predicted octanol–water partition coefficient (Wildman–Crippen LogP) is 2.22. The lowest BCUT2D eigenvalue weighted by atomic mass is 9.86. The first-order chi connectivity index (χ1) is 8.85. The van der Waals surface area contributed by atoms with Gasteiger partial charge in [0.25, 0.3) is 0 Å². The zero-order valence-electron chi connectivity index (χ0n) is 11.5. The molecule has 0 atom stereocenters. The second-order valence-electron chi connectivity index (χ2n) is 4.95. The summed E-state index contributed by atoms with van der Waals surface area (Å²) in [6.07, 6.45) is 0.119. The van der Waals surface area contributed by atoms with Crippen LogP contribution >= 0.6 is 0 Å². The highest BCUT2D eigenvalue weighted by Crippen LogP contribution is 2.36. The quantitative estimate of drug-likeness (QED) is 0.724. The molecule has 1 fully saturated rings. The van der Waals surface area contributed by atoms with Crippen LogP contribution in [0.4, 0.5) is 8.78 Å². The highest BCUT2D eigenvalue weighted by Gasteiger charge is 2.38. The Morgan fingerprint density at radius 1 is 1.32 bits per heavy atom. The molecule has 0 aromatic heterocycles. The molecule has 0 radical (unpaired) electrons. The number of amides is 1. The van der Waals surface area contributed by atoms with E-state index in [1.165, 1.54) is 4.90 Å². The van der Waals surface area contributed by atoms with Crippen LogP contribution in [0, 0.1) is 5.92 Å². The number of rotatable bonds is 5. The summed E-state index contributed by atoms with van der Waals surface area (Å²) >= 11 is 0. The highest BCUT2D eigenvalue weighted by atomic mass is 19.3. The Hall–Kier alpha value is -1.20. The summed E-state index contributed by atoms with van der Waals surface area (Å²) in [5.74, 6) is -3.47. The molecule has 0 aliphatic heterocycles. The van der Waals surface area contributed by atoms with Crippen molar-refractivity contribution in [2.45, 2.75) is 45.0 Å². The van der Waals surface area contributed by atoms with E-state index in [2.05, 4.69) is 0 Å². The van der Waals surface area contributed by atoms with Gasteiger partial charge in [-0.15, -0.1) is 0 Å². The van der Waals surface area contributed by atoms with Gasteiger partial charge in [0.05, 0.1) is 13.0 Å². The van der Waals surface area contributed by atoms with Crippen molar-refractivity contribution in [2.75, 3.05) is 20.2 Å². The molecule has 1 aliphatic carbocycles. The van der Waals surface area contributed by atoms with Gasteiger partial charge >= 0.3 is 5.97 Å². The average Bonchev–Trinajstić information content (AvgIpc) is 2.35. The number of nitrogens with zero attached hydrogens (tertiary/aromatic N) is 1. The molecule has 1 rings (SSSR count). The van der Waals surface area contributed by atoms with E-state index in [-0.39, 0.29) is 56.4 Å². The number of alkyl halides is 2. The van der Waals surface area contributed by atoms with Gasteiger partial charge in [-0.05, 0) is 19.8 Å². The molecular weight excluding hydrogens is 256 g/mol. The molecule has 0 aromatic rings. The maximum Gasteiger partial charge on any atom is 0.307 e. The number of carbonyl (C=O) groups is 2. The van der Waals surface area contributed by atoms with Crippen LogP contribution in [0.1, 0.15) is 39.0 Å². The summed E-state index contributed by atoms with van der Waals surface area (Å²) in [6.45, 7) is 2.30. The molecule has 1 amide bonds. The van der Waals surface area contributed by atoms with E-state index in [0.29, 0.717) is 6.61 Å². The molecular formula is C13H21F2NO3. The van der Waals surface area contributed by atoms with E-state index in [1.54, 1.807) is 14.0 Å². The van der Waals surface area contributed by atoms with Crippen LogP contribution in [0.25, 0.3) is 0 Å². The third kappa shape index (κ3) is 5.12. The van der Waals surface area contributed by atoms with Crippen molar-refractivity contribution in [3.8, 4) is 0 Å². The van der Waals surface area contributed by atoms with Gasteiger partial charge in [-0.25, -0.2) is 8.78 Å². The number of carbonyl (C=O) groups excluding carboxylic acids is 2. The fourth-order valence-electron chi connectivity index (χ4n) is 2.20. The Morgan fingerprint density at radius 2 is 1.89 bits per heavy atom. The summed E-state index contributed by atoms with van der Waals surface area (Å²) in [6, 6.07) is 0. The molecule has 0 bridgehead atoms. The van der Waals surface area contributed by atoms with E-state index in [1.807, 2.05) is 0 Å². The molecule has 4 nitrogen and oxygen atoms in total. The maximum absolute atomic E-state index is 13.0. The van der Waals surface area contributed by atoms with Gasteiger partial charge in [0.15, 0.2) is 0 Å². The molecule has 1 aliphatic rings. The molecule has 0 saturated heterocycles. The van der Waals surface area contributed by atoms with Crippen LogP contribution in [-0.4, -0.2) is 42.9 Å². The fraction of sp³-hybridized carbons (Fsp3) is 0.846. The Morgan fingerprint density at radius 3 is 2.42 bits per heavy atom. The zero-order chi connectivity index (χ0) is 14.5. The van der Waals surface area contributed by atoms with Gasteiger partial charge in [0, 0.05) is 32.4 Å². The monoisotopic (exact) mass is 277 g/mol. The molecule has 1 saturated carbocycles. The van der Waals surface area contributed by atoms with Crippen molar-refractivity contribution in [1.82, 2.24) is 4.90 Å². The fourth-order valence-corrected chi connectivity index (χ4v) is 2.20. The standard InChI is InChI=1S/C13H21F2NO3/c1-3-19-11(17)6-9-16(2)12(18)10-4-7-13(14,15)8-5-10/h10H,3-9H2,1-2H3. The topological polar surface area (TPSA) is 46.6 Å². The van der Waals surface area contributed by atoms with Crippen molar-refractivity contribution in [2.24, 2.45) is 5.92 Å². The van der Waals surface area contributed by atoms with Gasteiger partial charge in [-0.3, -0.25) is 9.59 Å². The number of hydrogen-bond acceptors (Lipinski definition) is 3. The largest absolute Gasteiger partial charge is 0.466 e. The minimum absolute atomic E-state index is 0.138. The molecule has 110 valence electrons. The Labute approximate surface area is 112 Å². The van der Waals surface area contributed by atoms with Crippen molar-refractivity contribution in [1.29, 1.82) is 0 Å². The summed E-state index contributed by atoms with van der Waals surface area (Å²) in [4.78, 5) is 24.6. The summed E-state index contributed by atoms with van der Waals surface area (Å²) in [5.41, 5.74) is 0. The van der Waals surface area contributed by atoms with Gasteiger partial charge in [-0.1, -0.05) is 0 Å². The number of ether oxygens (including phenoxy) is 1. The van der Waals surface area contributed by atoms with Crippen molar-refractivity contribution in [3.05, 3.63) is 0 Å². The predicted molar refractivity (Wildman–Crippen MR) is 65.8 cm³/mol. The zero-order valence-corrected chi connectivity index (χ0v) is 11.5. The summed E-state index contributed by atoms with van der Waals surface area (Å²) < 4.78 is 30.8. The SMILES string of the molecule is CCOC(=O)CCN(C)C(=O)C1CCC(F)(F)CC1. The summed E-state index contributed by atoms with van der Waals surface area (Å²) in [7, 11) is 1.59. The highest BCUT2D eigenvalue weighted by molar-refractivity contribution is 5.79. The Kier molecular flexibility index (Phi) is 5.69. The lowest BCUT2D eigenvalue weighted by Gasteiger charge is -2.30.